The highest BCUT2D eigenvalue weighted by Crippen LogP contribution is 2.43. The Morgan fingerprint density at radius 2 is 2.00 bits per heavy atom. The second-order valence-corrected chi connectivity index (χ2v) is 8.41. The summed E-state index contributed by atoms with van der Waals surface area (Å²) in [7, 11) is 0. The largest absolute Gasteiger partial charge is 0.393 e. The fraction of sp³-hybridized carbons (Fsp3) is 0.684. The van der Waals surface area contributed by atoms with Crippen molar-refractivity contribution >= 4 is 23.3 Å². The van der Waals surface area contributed by atoms with E-state index in [1.165, 1.54) is 12.3 Å². The first-order valence-corrected chi connectivity index (χ1v) is 9.91. The number of halogens is 2. The number of amides is 1. The molecule has 3 heterocycles. The Labute approximate surface area is 158 Å². The molecule has 5 nitrogen and oxygen atoms in total. The maximum Gasteiger partial charge on any atom is 0.230 e. The maximum absolute atomic E-state index is 14.3. The van der Waals surface area contributed by atoms with Crippen LogP contribution < -0.4 is 4.90 Å². The summed E-state index contributed by atoms with van der Waals surface area (Å²) in [5.41, 5.74) is -0.429. The molecule has 0 radical (unpaired) electrons. The number of carbonyl (C=O) groups is 1. The lowest BCUT2D eigenvalue weighted by molar-refractivity contribution is -0.139. The molecule has 1 aliphatic carbocycles. The van der Waals surface area contributed by atoms with Crippen LogP contribution in [-0.4, -0.2) is 52.7 Å². The van der Waals surface area contributed by atoms with E-state index in [-0.39, 0.29) is 23.1 Å². The topological polar surface area (TPSA) is 56.7 Å². The maximum atomic E-state index is 14.3. The van der Waals surface area contributed by atoms with Gasteiger partial charge in [-0.3, -0.25) is 4.79 Å². The van der Waals surface area contributed by atoms with Gasteiger partial charge in [0.2, 0.25) is 5.91 Å². The molecule has 3 fully saturated rings. The van der Waals surface area contributed by atoms with Gasteiger partial charge in [0.1, 0.15) is 0 Å². The lowest BCUT2D eigenvalue weighted by atomic mass is 9.78. The molecule has 1 amide bonds. The van der Waals surface area contributed by atoms with Crippen molar-refractivity contribution in [2.75, 3.05) is 24.5 Å². The molecule has 4 rings (SSSR count). The van der Waals surface area contributed by atoms with Crippen LogP contribution in [0.5, 0.6) is 0 Å². The summed E-state index contributed by atoms with van der Waals surface area (Å²) < 4.78 is 14.3. The molecule has 3 aliphatic rings. The molecule has 1 unspecified atom stereocenters. The minimum atomic E-state index is -0.432. The van der Waals surface area contributed by atoms with Crippen molar-refractivity contribution in [1.29, 1.82) is 0 Å². The second-order valence-electron chi connectivity index (χ2n) is 7.98. The van der Waals surface area contributed by atoms with Gasteiger partial charge in [0.15, 0.2) is 11.6 Å². The van der Waals surface area contributed by atoms with Crippen LogP contribution in [0, 0.1) is 11.2 Å². The fourth-order valence-electron chi connectivity index (χ4n) is 4.90. The van der Waals surface area contributed by atoms with Gasteiger partial charge in [0, 0.05) is 31.9 Å². The summed E-state index contributed by atoms with van der Waals surface area (Å²) in [6, 6.07) is 1.52. The summed E-state index contributed by atoms with van der Waals surface area (Å²) in [4.78, 5) is 21.4. The van der Waals surface area contributed by atoms with E-state index in [9.17, 15) is 14.3 Å². The van der Waals surface area contributed by atoms with Crippen LogP contribution in [0.15, 0.2) is 12.3 Å². The summed E-state index contributed by atoms with van der Waals surface area (Å²) in [5.74, 6) is 0.0663. The smallest absolute Gasteiger partial charge is 0.230 e. The molecule has 142 valence electrons. The van der Waals surface area contributed by atoms with Gasteiger partial charge in [-0.15, -0.1) is 0 Å². The van der Waals surface area contributed by atoms with Crippen molar-refractivity contribution in [2.24, 2.45) is 5.41 Å². The molecule has 7 heteroatoms. The fourth-order valence-corrected chi connectivity index (χ4v) is 5.04. The number of hydrogen-bond donors (Lipinski definition) is 1. The summed E-state index contributed by atoms with van der Waals surface area (Å²) in [6.45, 7) is 1.99. The molecule has 1 aromatic heterocycles. The Hall–Kier alpha value is -1.40. The molecule has 1 atom stereocenters. The van der Waals surface area contributed by atoms with Gasteiger partial charge < -0.3 is 14.9 Å². The van der Waals surface area contributed by atoms with Crippen LogP contribution in [0.4, 0.5) is 10.2 Å². The van der Waals surface area contributed by atoms with Gasteiger partial charge in [-0.2, -0.15) is 0 Å². The van der Waals surface area contributed by atoms with Crippen molar-refractivity contribution in [2.45, 2.75) is 57.1 Å². The van der Waals surface area contributed by atoms with Gasteiger partial charge in [0.25, 0.3) is 0 Å². The zero-order valence-corrected chi connectivity index (χ0v) is 15.6. The first kappa shape index (κ1) is 18.0. The third-order valence-electron chi connectivity index (χ3n) is 6.32. The number of piperidine rings is 1. The lowest BCUT2D eigenvalue weighted by Gasteiger charge is -2.41. The van der Waals surface area contributed by atoms with E-state index in [1.54, 1.807) is 0 Å². The van der Waals surface area contributed by atoms with E-state index < -0.39 is 11.2 Å². The first-order chi connectivity index (χ1) is 12.5. The first-order valence-electron chi connectivity index (χ1n) is 9.54. The second kappa shape index (κ2) is 6.97. The predicted octanol–water partition coefficient (Wildman–Crippen LogP) is 3.00. The SMILES string of the molecule is O=C1N([C@H]2CC[C@@H](O)CC2)CCC12CCCN(c1ncc(Cl)cc1F)C2. The highest BCUT2D eigenvalue weighted by Gasteiger charge is 2.51. The minimum absolute atomic E-state index is 0.206. The van der Waals surface area contributed by atoms with Crippen LogP contribution in [0.2, 0.25) is 5.02 Å². The summed E-state index contributed by atoms with van der Waals surface area (Å²) in [5, 5.41) is 10.0. The number of carbonyl (C=O) groups excluding carboxylic acids is 1. The number of rotatable bonds is 2. The Morgan fingerprint density at radius 3 is 2.73 bits per heavy atom. The Morgan fingerprint density at radius 1 is 1.23 bits per heavy atom. The number of pyridine rings is 1. The molecule has 1 saturated carbocycles. The lowest BCUT2D eigenvalue weighted by Crippen LogP contribution is -2.50. The van der Waals surface area contributed by atoms with Crippen molar-refractivity contribution in [3.05, 3.63) is 23.1 Å². The number of aromatic nitrogens is 1. The zero-order chi connectivity index (χ0) is 18.3. The highest BCUT2D eigenvalue weighted by atomic mass is 35.5. The summed E-state index contributed by atoms with van der Waals surface area (Å²) >= 11 is 5.82. The van der Waals surface area contributed by atoms with Crippen molar-refractivity contribution in [3.8, 4) is 0 Å². The van der Waals surface area contributed by atoms with E-state index in [1.807, 2.05) is 9.80 Å². The van der Waals surface area contributed by atoms with Gasteiger partial charge in [-0.1, -0.05) is 11.6 Å². The third kappa shape index (κ3) is 3.18. The van der Waals surface area contributed by atoms with Gasteiger partial charge >= 0.3 is 0 Å². The predicted molar refractivity (Wildman–Crippen MR) is 97.7 cm³/mol. The van der Waals surface area contributed by atoms with Crippen LogP contribution >= 0.6 is 11.6 Å². The Kier molecular flexibility index (Phi) is 4.82. The van der Waals surface area contributed by atoms with E-state index in [0.29, 0.717) is 18.9 Å². The van der Waals surface area contributed by atoms with Crippen LogP contribution in [0.1, 0.15) is 44.9 Å². The molecule has 2 aliphatic heterocycles. The minimum Gasteiger partial charge on any atom is -0.393 e. The van der Waals surface area contributed by atoms with E-state index in [4.69, 9.17) is 11.6 Å². The van der Waals surface area contributed by atoms with Gasteiger partial charge in [0.05, 0.1) is 16.5 Å². The zero-order valence-electron chi connectivity index (χ0n) is 14.8. The molecule has 0 aromatic carbocycles. The summed E-state index contributed by atoms with van der Waals surface area (Å²) in [6.07, 6.45) is 7.05. The molecular weight excluding hydrogens is 357 g/mol. The number of likely N-dealkylation sites (tertiary alicyclic amines) is 1. The molecule has 26 heavy (non-hydrogen) atoms. The molecule has 1 spiro atoms. The van der Waals surface area contributed by atoms with Gasteiger partial charge in [-0.05, 0) is 51.0 Å². The standard InChI is InChI=1S/C19H25ClFN3O2/c20-13-10-16(21)17(22-11-13)23-8-1-6-19(12-23)7-9-24(18(19)26)14-2-4-15(25)5-3-14/h10-11,14-15,25H,1-9,12H2/t14-,15+,19?. The van der Waals surface area contributed by atoms with Crippen LogP contribution in [0.3, 0.4) is 0 Å². The number of hydrogen-bond acceptors (Lipinski definition) is 4. The number of aliphatic hydroxyl groups is 1. The molecular formula is C19H25ClFN3O2. The Balaban J connectivity index is 1.50. The van der Waals surface area contributed by atoms with E-state index in [0.717, 1.165) is 51.5 Å². The number of aliphatic hydroxyl groups excluding tert-OH is 1. The van der Waals surface area contributed by atoms with Crippen molar-refractivity contribution in [1.82, 2.24) is 9.88 Å². The van der Waals surface area contributed by atoms with Crippen LogP contribution in [-0.2, 0) is 4.79 Å². The third-order valence-corrected chi connectivity index (χ3v) is 6.52. The monoisotopic (exact) mass is 381 g/mol. The molecule has 0 bridgehead atoms. The number of nitrogens with zero attached hydrogens (tertiary/aromatic N) is 3. The Bertz CT molecular complexity index is 695. The van der Waals surface area contributed by atoms with Gasteiger partial charge in [-0.25, -0.2) is 9.37 Å². The van der Waals surface area contributed by atoms with Crippen molar-refractivity contribution < 1.29 is 14.3 Å². The number of anilines is 1. The molecule has 1 N–H and O–H groups in total. The van der Waals surface area contributed by atoms with Crippen LogP contribution in [0.25, 0.3) is 0 Å². The average molecular weight is 382 g/mol. The quantitative estimate of drug-likeness (QED) is 0.855. The van der Waals surface area contributed by atoms with E-state index in [2.05, 4.69) is 4.98 Å². The average Bonchev–Trinajstić information content (AvgIpc) is 2.92. The van der Waals surface area contributed by atoms with E-state index >= 15 is 0 Å². The van der Waals surface area contributed by atoms with Crippen molar-refractivity contribution in [3.63, 3.8) is 0 Å². The highest BCUT2D eigenvalue weighted by molar-refractivity contribution is 6.30. The normalized spacial score (nSPS) is 32.5. The molecule has 1 aromatic rings. The molecule has 2 saturated heterocycles.